The van der Waals surface area contributed by atoms with Crippen molar-refractivity contribution in [1.29, 1.82) is 0 Å². The van der Waals surface area contributed by atoms with Gasteiger partial charge >= 0.3 is 0 Å². The monoisotopic (exact) mass is 702 g/mol. The molecule has 4 aliphatic heterocycles. The Hall–Kier alpha value is -4.14. The normalized spacial score (nSPS) is 26.7. The van der Waals surface area contributed by atoms with Crippen LogP contribution in [0, 0.1) is 11.8 Å². The molecule has 8 heteroatoms. The lowest BCUT2D eigenvalue weighted by Gasteiger charge is -2.53. The van der Waals surface area contributed by atoms with Crippen LogP contribution in [0.15, 0.2) is 36.4 Å². The van der Waals surface area contributed by atoms with Gasteiger partial charge in [0.2, 0.25) is 0 Å². The van der Waals surface area contributed by atoms with Crippen molar-refractivity contribution >= 4 is 33.1 Å². The van der Waals surface area contributed by atoms with E-state index in [0.29, 0.717) is 23.6 Å². The van der Waals surface area contributed by atoms with Crippen LogP contribution in [0.3, 0.4) is 0 Å². The number of ether oxygens (including phenoxy) is 4. The second-order valence-electron chi connectivity index (χ2n) is 16.0. The molecule has 4 heterocycles. The third-order valence-corrected chi connectivity index (χ3v) is 13.6. The summed E-state index contributed by atoms with van der Waals surface area (Å²) in [7, 11) is 6.76. The highest BCUT2D eigenvalue weighted by Crippen LogP contribution is 2.62. The minimum Gasteiger partial charge on any atom is -0.493 e. The van der Waals surface area contributed by atoms with Gasteiger partial charge in [-0.25, -0.2) is 0 Å². The van der Waals surface area contributed by atoms with Gasteiger partial charge in [-0.2, -0.15) is 0 Å². The second kappa shape index (κ2) is 12.8. The first-order valence-electron chi connectivity index (χ1n) is 19.1. The van der Waals surface area contributed by atoms with Gasteiger partial charge in [0.05, 0.1) is 28.4 Å². The summed E-state index contributed by atoms with van der Waals surface area (Å²) in [5.41, 5.74) is 7.84. The van der Waals surface area contributed by atoms with Gasteiger partial charge in [-0.15, -0.1) is 0 Å². The molecule has 8 nitrogen and oxygen atoms in total. The zero-order chi connectivity index (χ0) is 36.0. The van der Waals surface area contributed by atoms with Gasteiger partial charge in [-0.05, 0) is 145 Å². The van der Waals surface area contributed by atoms with Crippen molar-refractivity contribution in [2.45, 2.75) is 89.4 Å². The number of benzene rings is 4. The van der Waals surface area contributed by atoms with Crippen molar-refractivity contribution in [3.63, 3.8) is 0 Å². The number of hydrogen-bond donors (Lipinski definition) is 0. The molecule has 0 spiro atoms. The highest BCUT2D eigenvalue weighted by Gasteiger charge is 2.57. The van der Waals surface area contributed by atoms with Crippen molar-refractivity contribution in [1.82, 2.24) is 9.80 Å². The van der Waals surface area contributed by atoms with E-state index in [4.69, 9.17) is 18.9 Å². The molecule has 272 valence electrons. The predicted octanol–water partition coefficient (Wildman–Crippen LogP) is 7.36. The zero-order valence-electron chi connectivity index (χ0n) is 31.3. The number of Topliss-reactive ketones (excluding diaryl/α,β-unsaturated/α-hetero) is 2. The number of carbonyl (C=O) groups is 2. The Labute approximate surface area is 306 Å². The second-order valence-corrected chi connectivity index (χ2v) is 16.0. The quantitative estimate of drug-likeness (QED) is 0.189. The lowest BCUT2D eigenvalue weighted by molar-refractivity contribution is -0.139. The van der Waals surface area contributed by atoms with E-state index in [0.717, 1.165) is 61.3 Å². The molecule has 6 atom stereocenters. The molecule has 0 unspecified atom stereocenters. The summed E-state index contributed by atoms with van der Waals surface area (Å²) in [6.45, 7) is 7.30. The minimum absolute atomic E-state index is 0.0955. The Morgan fingerprint density at radius 2 is 0.942 bits per heavy atom. The van der Waals surface area contributed by atoms with E-state index in [2.05, 4.69) is 46.2 Å². The molecule has 9 rings (SSSR count). The topological polar surface area (TPSA) is 77.5 Å². The number of rotatable bonds is 8. The Morgan fingerprint density at radius 1 is 0.558 bits per heavy atom. The van der Waals surface area contributed by atoms with Crippen LogP contribution in [0.5, 0.6) is 23.0 Å². The Balaban J connectivity index is 1.30. The van der Waals surface area contributed by atoms with Crippen LogP contribution in [0.2, 0.25) is 0 Å². The summed E-state index contributed by atoms with van der Waals surface area (Å²) in [6.07, 6.45) is 6.73. The van der Waals surface area contributed by atoms with Crippen molar-refractivity contribution in [3.05, 3.63) is 69.8 Å². The smallest absolute Gasteiger partial charge is 0.161 e. The summed E-state index contributed by atoms with van der Waals surface area (Å²) < 4.78 is 23.2. The van der Waals surface area contributed by atoms with Gasteiger partial charge in [-0.3, -0.25) is 19.4 Å². The number of methoxy groups -OCH3 is 4. The minimum atomic E-state index is -0.389. The van der Waals surface area contributed by atoms with E-state index in [1.807, 2.05) is 0 Å². The Bertz CT molecular complexity index is 1990. The van der Waals surface area contributed by atoms with E-state index < -0.39 is 0 Å². The van der Waals surface area contributed by atoms with Crippen LogP contribution >= 0.6 is 0 Å². The number of carbonyl (C=O) groups excluding carboxylic acids is 2. The van der Waals surface area contributed by atoms with Gasteiger partial charge in [0, 0.05) is 48.8 Å². The molecule has 2 saturated heterocycles. The summed E-state index contributed by atoms with van der Waals surface area (Å²) in [5, 5.41) is 4.60. The third-order valence-electron chi connectivity index (χ3n) is 13.6. The van der Waals surface area contributed by atoms with Gasteiger partial charge in [0.25, 0.3) is 0 Å². The van der Waals surface area contributed by atoms with Crippen molar-refractivity contribution < 1.29 is 28.5 Å². The van der Waals surface area contributed by atoms with Gasteiger partial charge in [0.15, 0.2) is 23.0 Å². The van der Waals surface area contributed by atoms with Crippen molar-refractivity contribution in [2.24, 2.45) is 11.8 Å². The Morgan fingerprint density at radius 3 is 1.31 bits per heavy atom. The fourth-order valence-electron chi connectivity index (χ4n) is 11.2. The van der Waals surface area contributed by atoms with Gasteiger partial charge in [-0.1, -0.05) is 12.1 Å². The molecule has 0 radical (unpaired) electrons. The van der Waals surface area contributed by atoms with E-state index in [-0.39, 0.29) is 35.2 Å². The first-order valence-corrected chi connectivity index (χ1v) is 19.1. The lowest BCUT2D eigenvalue weighted by atomic mass is 9.49. The van der Waals surface area contributed by atoms with Gasteiger partial charge in [0.1, 0.15) is 11.6 Å². The zero-order valence-corrected chi connectivity index (χ0v) is 31.3. The third kappa shape index (κ3) is 5.00. The van der Waals surface area contributed by atoms with E-state index in [1.165, 1.54) is 69.8 Å². The van der Waals surface area contributed by atoms with Crippen LogP contribution in [-0.4, -0.2) is 75.0 Å². The molecule has 5 aliphatic rings. The summed E-state index contributed by atoms with van der Waals surface area (Å²) >= 11 is 0. The molecule has 4 aromatic carbocycles. The molecule has 4 aromatic rings. The van der Waals surface area contributed by atoms with Crippen molar-refractivity contribution in [3.8, 4) is 23.0 Å². The summed E-state index contributed by atoms with van der Waals surface area (Å²) in [4.78, 5) is 33.0. The number of fused-ring (bicyclic) bond motifs is 8. The van der Waals surface area contributed by atoms with Gasteiger partial charge < -0.3 is 18.9 Å². The first-order chi connectivity index (χ1) is 25.2. The summed E-state index contributed by atoms with van der Waals surface area (Å²) in [5.74, 6) is 2.01. The number of hydrogen-bond acceptors (Lipinski definition) is 8. The first kappa shape index (κ1) is 33.7. The molecular weight excluding hydrogens is 652 g/mol. The highest BCUT2D eigenvalue weighted by atomic mass is 16.5. The number of ketones is 2. The molecule has 0 bridgehead atoms. The molecule has 52 heavy (non-hydrogen) atoms. The average molecular weight is 703 g/mol. The van der Waals surface area contributed by atoms with Crippen LogP contribution in [0.1, 0.15) is 84.7 Å². The maximum Gasteiger partial charge on any atom is 0.161 e. The largest absolute Gasteiger partial charge is 0.493 e. The van der Waals surface area contributed by atoms with E-state index in [9.17, 15) is 9.59 Å². The van der Waals surface area contributed by atoms with E-state index >= 15 is 0 Å². The average Bonchev–Trinajstić information content (AvgIpc) is 3.80. The molecule has 1 aliphatic carbocycles. The van der Waals surface area contributed by atoms with Crippen molar-refractivity contribution in [2.75, 3.05) is 41.5 Å². The van der Waals surface area contributed by atoms with Crippen LogP contribution in [-0.2, 0) is 35.5 Å². The fourth-order valence-corrected chi connectivity index (χ4v) is 11.2. The lowest BCUT2D eigenvalue weighted by Crippen LogP contribution is -2.51. The molecule has 0 amide bonds. The van der Waals surface area contributed by atoms with Crippen LogP contribution in [0.25, 0.3) is 21.5 Å². The highest BCUT2D eigenvalue weighted by molar-refractivity contribution is 5.96. The maximum atomic E-state index is 13.9. The molecule has 1 saturated carbocycles. The molecule has 3 fully saturated rings. The maximum absolute atomic E-state index is 13.9. The predicted molar refractivity (Wildman–Crippen MR) is 202 cm³/mol. The SMILES string of the molecule is COc1cc2cc([C@@H]3[C@@H](C(C)=O)[C@H](C(C)=O)[C@@H]3c3cc4cc(OC)c(OC)cc4c4c3CN3CCC[C@@H]3C4)c3c(c2cc1OC)C[C@@H]1CCCN1C3. The Kier molecular flexibility index (Phi) is 8.27. The van der Waals surface area contributed by atoms with Crippen LogP contribution < -0.4 is 18.9 Å². The fraction of sp³-hybridized carbons (Fsp3) is 0.500. The number of nitrogens with zero attached hydrogens (tertiary/aromatic N) is 2. The summed E-state index contributed by atoms with van der Waals surface area (Å²) in [6, 6.07) is 14.2. The molecule has 0 aromatic heterocycles. The molecule has 0 N–H and O–H groups in total. The standard InChI is InChI=1S/C44H50N2O6/c1-23(47)41-42(24(2)48)44(34-14-26-16-38(50-4)40(52-6)20-30(26)32-18-28-10-8-12-46(28)22-36(32)34)43(41)33-13-25-15-37(49-3)39(51-5)19-29(25)31-17-27-9-7-11-45(27)21-35(31)33/h13-16,19-20,27-28,41-44H,7-12,17-18,21-22H2,1-6H3/t27-,28+,41-,42-,43+,44-/m0/s1. The van der Waals surface area contributed by atoms with Crippen LogP contribution in [0.4, 0.5) is 0 Å². The molecular formula is C44H50N2O6. The van der Waals surface area contributed by atoms with E-state index in [1.54, 1.807) is 42.3 Å².